The fourth-order valence-corrected chi connectivity index (χ4v) is 4.46. The van der Waals surface area contributed by atoms with Crippen LogP contribution in [0.25, 0.3) is 5.76 Å². The van der Waals surface area contributed by atoms with Gasteiger partial charge in [-0.15, -0.1) is 0 Å². The SMILES string of the molecule is CCOc1ccc(/C(O)=C2/C(=O)C(=O)N(c3cccc(C(F)(F)F)c3)C2c2cccc(C)c2)c(OCC)c1. The number of nitrogens with zero attached hydrogens (tertiary/aromatic N) is 1. The number of aliphatic hydroxyl groups excluding tert-OH is 1. The van der Waals surface area contributed by atoms with Crippen molar-refractivity contribution in [3.63, 3.8) is 0 Å². The highest BCUT2D eigenvalue weighted by Crippen LogP contribution is 2.44. The first kappa shape index (κ1) is 26.8. The molecule has 1 unspecified atom stereocenters. The number of hydrogen-bond acceptors (Lipinski definition) is 5. The predicted octanol–water partition coefficient (Wildman–Crippen LogP) is 6.44. The molecule has 0 saturated carbocycles. The van der Waals surface area contributed by atoms with Crippen LogP contribution < -0.4 is 14.4 Å². The highest BCUT2D eigenvalue weighted by atomic mass is 19.4. The Bertz CT molecular complexity index is 1410. The van der Waals surface area contributed by atoms with Crippen LogP contribution in [0.15, 0.2) is 72.3 Å². The molecule has 1 fully saturated rings. The lowest BCUT2D eigenvalue weighted by molar-refractivity contribution is -0.137. The largest absolute Gasteiger partial charge is 0.507 e. The van der Waals surface area contributed by atoms with Crippen LogP contribution in [0.4, 0.5) is 18.9 Å². The molecule has 198 valence electrons. The number of carbonyl (C=O) groups is 2. The van der Waals surface area contributed by atoms with Gasteiger partial charge < -0.3 is 14.6 Å². The van der Waals surface area contributed by atoms with E-state index in [1.807, 2.05) is 6.92 Å². The number of Topliss-reactive ketones (excluding diaryl/α,β-unsaturated/α-hetero) is 1. The van der Waals surface area contributed by atoms with E-state index in [1.54, 1.807) is 50.2 Å². The average molecular weight is 526 g/mol. The zero-order chi connectivity index (χ0) is 27.6. The number of halogens is 3. The van der Waals surface area contributed by atoms with Crippen molar-refractivity contribution >= 4 is 23.1 Å². The highest BCUT2D eigenvalue weighted by molar-refractivity contribution is 6.51. The minimum Gasteiger partial charge on any atom is -0.507 e. The van der Waals surface area contributed by atoms with Crippen molar-refractivity contribution in [3.05, 3.63) is 94.6 Å². The lowest BCUT2D eigenvalue weighted by atomic mass is 9.94. The normalized spacial score (nSPS) is 17.1. The van der Waals surface area contributed by atoms with Gasteiger partial charge in [0.15, 0.2) is 0 Å². The number of aryl methyl sites for hydroxylation is 1. The topological polar surface area (TPSA) is 76.1 Å². The fourth-order valence-electron chi connectivity index (χ4n) is 4.46. The summed E-state index contributed by atoms with van der Waals surface area (Å²) in [5.74, 6) is -1.88. The zero-order valence-corrected chi connectivity index (χ0v) is 21.0. The van der Waals surface area contributed by atoms with Gasteiger partial charge in [-0.25, -0.2) is 0 Å². The third kappa shape index (κ3) is 5.09. The second-order valence-corrected chi connectivity index (χ2v) is 8.66. The first-order valence-electron chi connectivity index (χ1n) is 12.0. The lowest BCUT2D eigenvalue weighted by Gasteiger charge is -2.26. The van der Waals surface area contributed by atoms with Crippen molar-refractivity contribution in [2.24, 2.45) is 0 Å². The average Bonchev–Trinajstić information content (AvgIpc) is 3.14. The van der Waals surface area contributed by atoms with Crippen LogP contribution in [0.3, 0.4) is 0 Å². The molecule has 1 N–H and O–H groups in total. The quantitative estimate of drug-likeness (QED) is 0.218. The molecule has 3 aromatic carbocycles. The molecule has 0 aromatic heterocycles. The summed E-state index contributed by atoms with van der Waals surface area (Å²) in [7, 11) is 0. The van der Waals surface area contributed by atoms with Crippen LogP contribution in [-0.2, 0) is 15.8 Å². The number of ether oxygens (including phenoxy) is 2. The van der Waals surface area contributed by atoms with E-state index in [9.17, 15) is 27.9 Å². The lowest BCUT2D eigenvalue weighted by Crippen LogP contribution is -2.29. The summed E-state index contributed by atoms with van der Waals surface area (Å²) in [4.78, 5) is 27.7. The Balaban J connectivity index is 1.96. The molecular formula is C29H26F3NO5. The molecule has 0 spiro atoms. The molecule has 1 aliphatic heterocycles. The van der Waals surface area contributed by atoms with Crippen LogP contribution in [0.5, 0.6) is 11.5 Å². The Kier molecular flexibility index (Phi) is 7.48. The van der Waals surface area contributed by atoms with Gasteiger partial charge in [0, 0.05) is 11.8 Å². The molecule has 1 saturated heterocycles. The molecule has 0 aliphatic carbocycles. The monoisotopic (exact) mass is 525 g/mol. The summed E-state index contributed by atoms with van der Waals surface area (Å²) in [5.41, 5.74) is 0.0487. The molecule has 1 heterocycles. The van der Waals surface area contributed by atoms with Crippen molar-refractivity contribution < 1.29 is 37.3 Å². The zero-order valence-electron chi connectivity index (χ0n) is 21.0. The van der Waals surface area contributed by atoms with E-state index in [0.717, 1.165) is 22.6 Å². The van der Waals surface area contributed by atoms with Crippen LogP contribution >= 0.6 is 0 Å². The van der Waals surface area contributed by atoms with Crippen molar-refractivity contribution in [2.75, 3.05) is 18.1 Å². The fraction of sp³-hybridized carbons (Fsp3) is 0.241. The van der Waals surface area contributed by atoms with Crippen LogP contribution in [0.2, 0.25) is 0 Å². The number of anilines is 1. The Labute approximate surface area is 217 Å². The van der Waals surface area contributed by atoms with E-state index in [-0.39, 0.29) is 29.2 Å². The molecule has 1 amide bonds. The Morgan fingerprint density at radius 3 is 2.32 bits per heavy atom. The number of alkyl halides is 3. The van der Waals surface area contributed by atoms with Crippen molar-refractivity contribution in [3.8, 4) is 11.5 Å². The second-order valence-electron chi connectivity index (χ2n) is 8.66. The van der Waals surface area contributed by atoms with Crippen LogP contribution in [0, 0.1) is 6.92 Å². The van der Waals surface area contributed by atoms with E-state index in [4.69, 9.17) is 9.47 Å². The number of aliphatic hydroxyl groups is 1. The molecule has 6 nitrogen and oxygen atoms in total. The van der Waals surface area contributed by atoms with Gasteiger partial charge in [0.1, 0.15) is 17.3 Å². The number of hydrogen-bond donors (Lipinski definition) is 1. The molecule has 9 heteroatoms. The Morgan fingerprint density at radius 1 is 0.947 bits per heavy atom. The number of benzene rings is 3. The molecule has 38 heavy (non-hydrogen) atoms. The van der Waals surface area contributed by atoms with Gasteiger partial charge in [0.25, 0.3) is 11.7 Å². The van der Waals surface area contributed by atoms with Crippen molar-refractivity contribution in [1.82, 2.24) is 0 Å². The second kappa shape index (κ2) is 10.6. The van der Waals surface area contributed by atoms with Crippen LogP contribution in [0.1, 0.15) is 42.1 Å². The molecule has 3 aromatic rings. The van der Waals surface area contributed by atoms with Gasteiger partial charge in [-0.3, -0.25) is 14.5 Å². The molecule has 1 aliphatic rings. The van der Waals surface area contributed by atoms with E-state index in [2.05, 4.69) is 0 Å². The first-order valence-corrected chi connectivity index (χ1v) is 12.0. The minimum atomic E-state index is -4.66. The summed E-state index contributed by atoms with van der Waals surface area (Å²) in [6.45, 7) is 6.00. The van der Waals surface area contributed by atoms with E-state index >= 15 is 0 Å². The van der Waals surface area contributed by atoms with E-state index in [0.29, 0.717) is 17.9 Å². The van der Waals surface area contributed by atoms with Crippen LogP contribution in [-0.4, -0.2) is 30.0 Å². The van der Waals surface area contributed by atoms with Gasteiger partial charge in [0.05, 0.1) is 36.0 Å². The van der Waals surface area contributed by atoms with Crippen molar-refractivity contribution in [2.45, 2.75) is 33.0 Å². The molecule has 0 radical (unpaired) electrons. The molecule has 0 bridgehead atoms. The van der Waals surface area contributed by atoms with Gasteiger partial charge in [-0.1, -0.05) is 35.9 Å². The third-order valence-corrected chi connectivity index (χ3v) is 6.07. The first-order chi connectivity index (χ1) is 18.1. The molecule has 1 atom stereocenters. The maximum atomic E-state index is 13.5. The Morgan fingerprint density at radius 2 is 1.66 bits per heavy atom. The highest BCUT2D eigenvalue weighted by Gasteiger charge is 2.47. The number of rotatable bonds is 7. The summed E-state index contributed by atoms with van der Waals surface area (Å²) >= 11 is 0. The maximum absolute atomic E-state index is 13.5. The third-order valence-electron chi connectivity index (χ3n) is 6.07. The van der Waals surface area contributed by atoms with Gasteiger partial charge in [-0.05, 0) is 56.7 Å². The van der Waals surface area contributed by atoms with Gasteiger partial charge in [-0.2, -0.15) is 13.2 Å². The molecule has 4 rings (SSSR count). The smallest absolute Gasteiger partial charge is 0.416 e. The number of amides is 1. The predicted molar refractivity (Wildman–Crippen MR) is 136 cm³/mol. The number of ketones is 1. The summed E-state index contributed by atoms with van der Waals surface area (Å²) in [6.07, 6.45) is -4.66. The Hall–Kier alpha value is -4.27. The number of carbonyl (C=O) groups excluding carboxylic acids is 2. The summed E-state index contributed by atoms with van der Waals surface area (Å²) < 4.78 is 51.7. The minimum absolute atomic E-state index is 0.121. The summed E-state index contributed by atoms with van der Waals surface area (Å²) in [5, 5.41) is 11.5. The maximum Gasteiger partial charge on any atom is 0.416 e. The van der Waals surface area contributed by atoms with E-state index < -0.39 is 35.2 Å². The van der Waals surface area contributed by atoms with Gasteiger partial charge in [0.2, 0.25) is 0 Å². The van der Waals surface area contributed by atoms with Gasteiger partial charge >= 0.3 is 6.18 Å². The van der Waals surface area contributed by atoms with E-state index in [1.165, 1.54) is 18.2 Å². The standard InChI is InChI=1S/C29H26F3NO5/c1-4-37-21-12-13-22(23(16-21)38-5-2)26(34)24-25(18-9-6-8-17(3)14-18)33(28(36)27(24)35)20-11-7-10-19(15-20)29(30,31)32/h6-16,25,34H,4-5H2,1-3H3/b26-24-. The van der Waals surface area contributed by atoms with Crippen molar-refractivity contribution in [1.29, 1.82) is 0 Å². The molecular weight excluding hydrogens is 499 g/mol. The summed E-state index contributed by atoms with van der Waals surface area (Å²) in [6, 6.07) is 14.6.